The van der Waals surface area contributed by atoms with Crippen LogP contribution in [0.15, 0.2) is 100 Å². The molecule has 37 heavy (non-hydrogen) atoms. The normalized spacial score (nSPS) is 9.76. The van der Waals surface area contributed by atoms with Crippen molar-refractivity contribution in [1.82, 2.24) is 15.0 Å². The first-order valence-electron chi connectivity index (χ1n) is 11.2. The van der Waals surface area contributed by atoms with Crippen molar-refractivity contribution < 1.29 is 23.0 Å². The molecule has 0 fully saturated rings. The van der Waals surface area contributed by atoms with E-state index < -0.39 is 0 Å². The summed E-state index contributed by atoms with van der Waals surface area (Å²) < 4.78 is 2.18. The molecule has 5 rings (SSSR count). The number of aromatic amines is 1. The van der Waals surface area contributed by atoms with Gasteiger partial charge >= 0.3 is 0 Å². The van der Waals surface area contributed by atoms with Gasteiger partial charge in [0.25, 0.3) is 0 Å². The summed E-state index contributed by atoms with van der Waals surface area (Å²) in [4.78, 5) is 21.9. The van der Waals surface area contributed by atoms with Gasteiger partial charge in [0.15, 0.2) is 0 Å². The molecule has 192 valence electrons. The first-order chi connectivity index (χ1) is 17.4. The summed E-state index contributed by atoms with van der Waals surface area (Å²) >= 11 is 6.85. The van der Waals surface area contributed by atoms with Crippen LogP contribution in [0.4, 0.5) is 5.69 Å². The summed E-state index contributed by atoms with van der Waals surface area (Å²) in [7, 11) is 0. The quantitative estimate of drug-likeness (QED) is 0.261. The highest BCUT2D eigenvalue weighted by Crippen LogP contribution is 2.33. The van der Waals surface area contributed by atoms with E-state index >= 15 is 0 Å². The highest BCUT2D eigenvalue weighted by Gasteiger charge is 2.10. The minimum atomic E-state index is 0. The number of pyridine rings is 2. The van der Waals surface area contributed by atoms with Crippen LogP contribution in [0, 0.1) is 6.92 Å². The van der Waals surface area contributed by atoms with Crippen LogP contribution in [-0.2, 0) is 11.2 Å². The zero-order valence-corrected chi connectivity index (χ0v) is 24.4. The standard InChI is InChI=1S/C14H11BrN2.C8H9NO.C6H7BrN2.ClH/c1-9-14(10-4-6-16-7-5-10)12-8-11(15)2-3-13(12)17-9;1-7(10)6-8-2-4-9-5-3-8;7-5-1-3-6(9-8)4-2-5;/h2-8,17H,1H3;2-5H,6H2,1H3;1-4,9H,8H2;1H. The second kappa shape index (κ2) is 15.3. The van der Waals surface area contributed by atoms with Crippen LogP contribution in [0.5, 0.6) is 0 Å². The molecule has 3 heterocycles. The number of anilines is 1. The number of aromatic nitrogens is 3. The largest absolute Gasteiger partial charge is 1.00 e. The Morgan fingerprint density at radius 3 is 2.03 bits per heavy atom. The van der Waals surface area contributed by atoms with E-state index in [4.69, 9.17) is 0 Å². The molecule has 0 aliphatic carbocycles. The van der Waals surface area contributed by atoms with E-state index in [1.54, 1.807) is 19.3 Å². The molecule has 0 saturated heterocycles. The topological polar surface area (TPSA) is 98.3 Å². The lowest BCUT2D eigenvalue weighted by Crippen LogP contribution is -3.00. The number of nitrogens with zero attached hydrogens (tertiary/aromatic N) is 2. The minimum absolute atomic E-state index is 0. The molecule has 9 heteroatoms. The fourth-order valence-electron chi connectivity index (χ4n) is 3.55. The van der Waals surface area contributed by atoms with Crippen LogP contribution < -0.4 is 23.7 Å². The fourth-order valence-corrected chi connectivity index (χ4v) is 4.17. The monoisotopic (exact) mass is 643 g/mol. The van der Waals surface area contributed by atoms with Crippen LogP contribution in [-0.4, -0.2) is 20.7 Å². The van der Waals surface area contributed by atoms with Crippen molar-refractivity contribution >= 4 is 54.2 Å². The van der Waals surface area contributed by atoms with Gasteiger partial charge in [-0.15, -0.1) is 0 Å². The van der Waals surface area contributed by atoms with E-state index in [1.807, 2.05) is 60.9 Å². The molecule has 0 aliphatic rings. The maximum atomic E-state index is 10.6. The van der Waals surface area contributed by atoms with Crippen LogP contribution in [0.25, 0.3) is 22.0 Å². The van der Waals surface area contributed by atoms with E-state index in [9.17, 15) is 4.79 Å². The Balaban J connectivity index is 0.000000208. The maximum Gasteiger partial charge on any atom is 0.134 e. The number of quaternary nitrogens is 1. The second-order valence-corrected chi connectivity index (χ2v) is 9.80. The van der Waals surface area contributed by atoms with Crippen molar-refractivity contribution in [3.63, 3.8) is 0 Å². The van der Waals surface area contributed by atoms with E-state index in [0.29, 0.717) is 6.42 Å². The molecule has 0 amide bonds. The summed E-state index contributed by atoms with van der Waals surface area (Å²) in [6.07, 6.45) is 7.55. The summed E-state index contributed by atoms with van der Waals surface area (Å²) in [5.41, 5.74) is 9.64. The number of hydrogen-bond acceptors (Lipinski definition) is 4. The number of carbonyl (C=O) groups excluding carboxylic acids is 1. The Hall–Kier alpha value is -3.04. The molecule has 6 nitrogen and oxygen atoms in total. The van der Waals surface area contributed by atoms with Gasteiger partial charge in [-0.25, -0.2) is 5.43 Å². The number of hydrogen-bond donors (Lipinski definition) is 3. The van der Waals surface area contributed by atoms with Crippen molar-refractivity contribution in [3.05, 3.63) is 112 Å². The summed E-state index contributed by atoms with van der Waals surface area (Å²) in [6.45, 7) is 3.68. The predicted octanol–water partition coefficient (Wildman–Crippen LogP) is 3.54. The van der Waals surface area contributed by atoms with Crippen LogP contribution in [0.3, 0.4) is 0 Å². The van der Waals surface area contributed by atoms with Crippen molar-refractivity contribution in [1.29, 1.82) is 0 Å². The summed E-state index contributed by atoms with van der Waals surface area (Å²) in [5.74, 6) is 3.71. The lowest BCUT2D eigenvalue weighted by molar-refractivity contribution is -0.325. The first kappa shape index (κ1) is 30.2. The molecule has 2 aromatic carbocycles. The average Bonchev–Trinajstić information content (AvgIpc) is 3.21. The van der Waals surface area contributed by atoms with E-state index in [0.717, 1.165) is 25.7 Å². The molecule has 0 bridgehead atoms. The van der Waals surface area contributed by atoms with Gasteiger partial charge in [0.1, 0.15) is 5.78 Å². The number of nitrogens with one attached hydrogen (secondary N) is 2. The molecule has 0 radical (unpaired) electrons. The van der Waals surface area contributed by atoms with Crippen LogP contribution in [0.2, 0.25) is 0 Å². The highest BCUT2D eigenvalue weighted by molar-refractivity contribution is 9.10. The van der Waals surface area contributed by atoms with Gasteiger partial charge in [0.05, 0.1) is 5.69 Å². The molecule has 0 atom stereocenters. The molecule has 0 aliphatic heterocycles. The number of fused-ring (bicyclic) bond motifs is 1. The average molecular weight is 646 g/mol. The molecule has 0 unspecified atom stereocenters. The number of halogens is 3. The third kappa shape index (κ3) is 9.40. The SMILES string of the molecule is CC(=O)Cc1ccncc1.Cc1[nH]c2ccc(Br)cc2c1-c1ccncc1.[Cl-].[NH3+]Nc1ccc(Br)cc1. The Morgan fingerprint density at radius 1 is 0.892 bits per heavy atom. The second-order valence-electron chi connectivity index (χ2n) is 7.97. The van der Waals surface area contributed by atoms with Crippen LogP contribution >= 0.6 is 31.9 Å². The van der Waals surface area contributed by atoms with Gasteiger partial charge < -0.3 is 17.4 Å². The van der Waals surface area contributed by atoms with Crippen molar-refractivity contribution in [3.8, 4) is 11.1 Å². The molecule has 0 spiro atoms. The lowest BCUT2D eigenvalue weighted by Gasteiger charge is -2.01. The highest BCUT2D eigenvalue weighted by atomic mass is 79.9. The third-order valence-electron chi connectivity index (χ3n) is 5.17. The maximum absolute atomic E-state index is 10.6. The lowest BCUT2D eigenvalue weighted by atomic mass is 10.0. The molecular weight excluding hydrogens is 618 g/mol. The van der Waals surface area contributed by atoms with Gasteiger partial charge in [-0.3, -0.25) is 20.6 Å². The molecule has 5 aromatic rings. The number of benzene rings is 2. The Kier molecular flexibility index (Phi) is 12.5. The van der Waals surface area contributed by atoms with Crippen molar-refractivity contribution in [2.24, 2.45) is 0 Å². The molecule has 3 aromatic heterocycles. The summed E-state index contributed by atoms with van der Waals surface area (Å²) in [5, 5.41) is 1.24. The Bertz CT molecular complexity index is 1400. The van der Waals surface area contributed by atoms with Gasteiger partial charge in [0, 0.05) is 62.3 Å². The number of aryl methyl sites for hydroxylation is 1. The van der Waals surface area contributed by atoms with Gasteiger partial charge in [-0.05, 0) is 91.7 Å². The fraction of sp³-hybridized carbons (Fsp3) is 0.107. The van der Waals surface area contributed by atoms with E-state index in [-0.39, 0.29) is 18.2 Å². The zero-order valence-electron chi connectivity index (χ0n) is 20.5. The minimum Gasteiger partial charge on any atom is -1.00 e. The number of rotatable bonds is 4. The number of Topliss-reactive ketones (excluding diaryl/α,β-unsaturated/α-hetero) is 1. The predicted molar refractivity (Wildman–Crippen MR) is 153 cm³/mol. The molecular formula is C28H28Br2ClN5O. The van der Waals surface area contributed by atoms with Crippen molar-refractivity contribution in [2.75, 3.05) is 5.43 Å². The van der Waals surface area contributed by atoms with Crippen LogP contribution in [0.1, 0.15) is 18.2 Å². The Labute approximate surface area is 239 Å². The van der Waals surface area contributed by atoms with Gasteiger partial charge in [-0.1, -0.05) is 31.9 Å². The summed E-state index contributed by atoms with van der Waals surface area (Å²) in [6, 6.07) is 21.9. The smallest absolute Gasteiger partial charge is 0.134 e. The van der Waals surface area contributed by atoms with E-state index in [1.165, 1.54) is 22.2 Å². The van der Waals surface area contributed by atoms with E-state index in [2.05, 4.69) is 83.2 Å². The zero-order chi connectivity index (χ0) is 25.9. The molecule has 0 saturated carbocycles. The Morgan fingerprint density at radius 2 is 1.46 bits per heavy atom. The van der Waals surface area contributed by atoms with Gasteiger partial charge in [-0.2, -0.15) is 0 Å². The number of ketones is 1. The first-order valence-corrected chi connectivity index (χ1v) is 12.8. The van der Waals surface area contributed by atoms with Crippen molar-refractivity contribution in [2.45, 2.75) is 20.3 Å². The van der Waals surface area contributed by atoms with Gasteiger partial charge in [0.2, 0.25) is 0 Å². The number of carbonyl (C=O) groups is 1. The third-order valence-corrected chi connectivity index (χ3v) is 6.19. The molecule has 5 N–H and O–H groups in total. The number of H-pyrrole nitrogens is 1.